The van der Waals surface area contributed by atoms with Crippen LogP contribution in [0.5, 0.6) is 0 Å². The molecule has 0 spiro atoms. The van der Waals surface area contributed by atoms with E-state index < -0.39 is 0 Å². The summed E-state index contributed by atoms with van der Waals surface area (Å²) in [6.07, 6.45) is 3.74. The molecule has 2 aromatic rings. The van der Waals surface area contributed by atoms with Crippen LogP contribution in [0.3, 0.4) is 0 Å². The van der Waals surface area contributed by atoms with Gasteiger partial charge in [-0.3, -0.25) is 4.98 Å². The van der Waals surface area contributed by atoms with Crippen LogP contribution >= 0.6 is 0 Å². The van der Waals surface area contributed by atoms with Crippen LogP contribution in [-0.2, 0) is 0 Å². The summed E-state index contributed by atoms with van der Waals surface area (Å²) >= 11 is 0. The van der Waals surface area contributed by atoms with E-state index in [1.807, 2.05) is 0 Å². The molecule has 0 saturated carbocycles. The third-order valence-corrected chi connectivity index (χ3v) is 2.44. The first-order chi connectivity index (χ1) is 8.70. The van der Waals surface area contributed by atoms with Crippen molar-refractivity contribution in [3.63, 3.8) is 0 Å². The van der Waals surface area contributed by atoms with Crippen LogP contribution in [0.15, 0.2) is 24.5 Å². The average Bonchev–Trinajstić information content (AvgIpc) is 2.36. The van der Waals surface area contributed by atoms with Crippen LogP contribution in [0, 0.1) is 12.7 Å². The maximum atomic E-state index is 13.6. The van der Waals surface area contributed by atoms with Gasteiger partial charge in [0.15, 0.2) is 5.82 Å². The molecule has 0 aliphatic heterocycles. The van der Waals surface area contributed by atoms with E-state index in [-0.39, 0.29) is 5.82 Å². The second-order valence-electron chi connectivity index (χ2n) is 3.97. The predicted molar refractivity (Wildman–Crippen MR) is 68.7 cm³/mol. The summed E-state index contributed by atoms with van der Waals surface area (Å²) in [7, 11) is 0. The molecule has 0 unspecified atom stereocenters. The lowest BCUT2D eigenvalue weighted by atomic mass is 10.2. The van der Waals surface area contributed by atoms with Gasteiger partial charge in [0, 0.05) is 24.4 Å². The molecule has 94 valence electrons. The van der Waals surface area contributed by atoms with E-state index in [2.05, 4.69) is 27.2 Å². The van der Waals surface area contributed by atoms with E-state index in [0.29, 0.717) is 17.1 Å². The van der Waals surface area contributed by atoms with E-state index in [1.165, 1.54) is 6.20 Å². The van der Waals surface area contributed by atoms with E-state index in [1.54, 1.807) is 25.3 Å². The van der Waals surface area contributed by atoms with Crippen LogP contribution < -0.4 is 5.32 Å². The highest BCUT2D eigenvalue weighted by Crippen LogP contribution is 2.21. The molecular formula is C13H15FN4. The fourth-order valence-corrected chi connectivity index (χ4v) is 1.63. The predicted octanol–water partition coefficient (Wildman–Crippen LogP) is 2.81. The first-order valence-corrected chi connectivity index (χ1v) is 5.90. The second-order valence-corrected chi connectivity index (χ2v) is 3.97. The zero-order valence-electron chi connectivity index (χ0n) is 10.4. The van der Waals surface area contributed by atoms with Gasteiger partial charge in [0.25, 0.3) is 0 Å². The maximum absolute atomic E-state index is 13.6. The monoisotopic (exact) mass is 246 g/mol. The molecule has 2 heterocycles. The number of halogens is 1. The Labute approximate surface area is 105 Å². The number of hydrogen-bond donors (Lipinski definition) is 1. The number of rotatable bonds is 4. The van der Waals surface area contributed by atoms with Crippen molar-refractivity contribution >= 4 is 5.82 Å². The number of pyridine rings is 1. The summed E-state index contributed by atoms with van der Waals surface area (Å²) in [5, 5.41) is 3.18. The SMILES string of the molecule is CCCNc1cc(-c2ccncc2F)nc(C)n1. The first kappa shape index (κ1) is 12.4. The smallest absolute Gasteiger partial charge is 0.150 e. The zero-order chi connectivity index (χ0) is 13.0. The van der Waals surface area contributed by atoms with Crippen LogP contribution in [0.2, 0.25) is 0 Å². The number of anilines is 1. The van der Waals surface area contributed by atoms with Gasteiger partial charge in [-0.15, -0.1) is 0 Å². The number of nitrogens with zero attached hydrogens (tertiary/aromatic N) is 3. The van der Waals surface area contributed by atoms with E-state index in [9.17, 15) is 4.39 Å². The Kier molecular flexibility index (Phi) is 3.82. The Bertz CT molecular complexity index is 542. The molecule has 0 amide bonds. The van der Waals surface area contributed by atoms with Crippen molar-refractivity contribution in [3.05, 3.63) is 36.2 Å². The highest BCUT2D eigenvalue weighted by Gasteiger charge is 2.08. The van der Waals surface area contributed by atoms with Crippen LogP contribution in [0.4, 0.5) is 10.2 Å². The summed E-state index contributed by atoms with van der Waals surface area (Å²) in [5.41, 5.74) is 1.01. The standard InChI is InChI=1S/C13H15FN4/c1-3-5-16-13-7-12(17-9(2)18-13)10-4-6-15-8-11(10)14/h4,6-8H,3,5H2,1-2H3,(H,16,17,18). The highest BCUT2D eigenvalue weighted by molar-refractivity contribution is 5.62. The zero-order valence-corrected chi connectivity index (χ0v) is 10.4. The Morgan fingerprint density at radius 3 is 2.89 bits per heavy atom. The third-order valence-electron chi connectivity index (χ3n) is 2.44. The molecule has 0 aliphatic carbocycles. The van der Waals surface area contributed by atoms with Crippen LogP contribution in [0.25, 0.3) is 11.3 Å². The molecule has 4 nitrogen and oxygen atoms in total. The molecule has 0 saturated heterocycles. The minimum absolute atomic E-state index is 0.378. The Morgan fingerprint density at radius 1 is 1.33 bits per heavy atom. The minimum Gasteiger partial charge on any atom is -0.370 e. The van der Waals surface area contributed by atoms with Gasteiger partial charge < -0.3 is 5.32 Å². The minimum atomic E-state index is -0.378. The molecule has 0 fully saturated rings. The molecular weight excluding hydrogens is 231 g/mol. The Morgan fingerprint density at radius 2 is 2.17 bits per heavy atom. The van der Waals surface area contributed by atoms with E-state index in [4.69, 9.17) is 0 Å². The number of nitrogens with one attached hydrogen (secondary N) is 1. The quantitative estimate of drug-likeness (QED) is 0.901. The third kappa shape index (κ3) is 2.80. The molecule has 1 N–H and O–H groups in total. The van der Waals surface area contributed by atoms with Crippen molar-refractivity contribution in [3.8, 4) is 11.3 Å². The number of hydrogen-bond acceptors (Lipinski definition) is 4. The lowest BCUT2D eigenvalue weighted by molar-refractivity contribution is 0.624. The normalized spacial score (nSPS) is 10.4. The average molecular weight is 246 g/mol. The van der Waals surface area contributed by atoms with Gasteiger partial charge in [-0.05, 0) is 19.4 Å². The van der Waals surface area contributed by atoms with Crippen molar-refractivity contribution in [2.24, 2.45) is 0 Å². The van der Waals surface area contributed by atoms with Gasteiger partial charge in [-0.25, -0.2) is 14.4 Å². The van der Waals surface area contributed by atoms with Crippen molar-refractivity contribution in [2.75, 3.05) is 11.9 Å². The number of aromatic nitrogens is 3. The highest BCUT2D eigenvalue weighted by atomic mass is 19.1. The summed E-state index contributed by atoms with van der Waals surface area (Å²) in [6.45, 7) is 4.69. The van der Waals surface area contributed by atoms with Crippen molar-refractivity contribution in [1.82, 2.24) is 15.0 Å². The fourth-order valence-electron chi connectivity index (χ4n) is 1.63. The van der Waals surface area contributed by atoms with Crippen molar-refractivity contribution in [1.29, 1.82) is 0 Å². The lowest BCUT2D eigenvalue weighted by Gasteiger charge is -2.08. The van der Waals surface area contributed by atoms with Crippen LogP contribution in [-0.4, -0.2) is 21.5 Å². The number of aryl methyl sites for hydroxylation is 1. The molecule has 0 bridgehead atoms. The van der Waals surface area contributed by atoms with E-state index >= 15 is 0 Å². The van der Waals surface area contributed by atoms with Crippen LogP contribution in [0.1, 0.15) is 19.2 Å². The first-order valence-electron chi connectivity index (χ1n) is 5.90. The molecule has 0 atom stereocenters. The van der Waals surface area contributed by atoms with Gasteiger partial charge in [-0.2, -0.15) is 0 Å². The fraction of sp³-hybridized carbons (Fsp3) is 0.308. The molecule has 0 aromatic carbocycles. The van der Waals surface area contributed by atoms with Gasteiger partial charge in [-0.1, -0.05) is 6.92 Å². The lowest BCUT2D eigenvalue weighted by Crippen LogP contribution is -2.04. The molecule has 0 aliphatic rings. The van der Waals surface area contributed by atoms with Gasteiger partial charge in [0.05, 0.1) is 11.9 Å². The summed E-state index contributed by atoms with van der Waals surface area (Å²) in [5.74, 6) is 0.954. The maximum Gasteiger partial charge on any atom is 0.150 e. The topological polar surface area (TPSA) is 50.7 Å². The van der Waals surface area contributed by atoms with Gasteiger partial charge >= 0.3 is 0 Å². The molecule has 0 radical (unpaired) electrons. The summed E-state index contributed by atoms with van der Waals surface area (Å²) < 4.78 is 13.6. The summed E-state index contributed by atoms with van der Waals surface area (Å²) in [6, 6.07) is 3.36. The van der Waals surface area contributed by atoms with Crippen molar-refractivity contribution in [2.45, 2.75) is 20.3 Å². The largest absolute Gasteiger partial charge is 0.370 e. The Balaban J connectivity index is 2.39. The van der Waals surface area contributed by atoms with Gasteiger partial charge in [0.1, 0.15) is 11.6 Å². The molecule has 18 heavy (non-hydrogen) atoms. The Hall–Kier alpha value is -2.04. The molecule has 5 heteroatoms. The summed E-state index contributed by atoms with van der Waals surface area (Å²) in [4.78, 5) is 12.3. The second kappa shape index (κ2) is 5.53. The molecule has 2 aromatic heterocycles. The van der Waals surface area contributed by atoms with Crippen molar-refractivity contribution < 1.29 is 4.39 Å². The molecule has 2 rings (SSSR count). The van der Waals surface area contributed by atoms with Gasteiger partial charge in [0.2, 0.25) is 0 Å². The van der Waals surface area contributed by atoms with E-state index in [0.717, 1.165) is 18.8 Å².